The molecule has 1 unspecified atom stereocenters. The molecule has 23 heavy (non-hydrogen) atoms. The van der Waals surface area contributed by atoms with Gasteiger partial charge in [-0.15, -0.1) is 11.3 Å². The van der Waals surface area contributed by atoms with Crippen molar-refractivity contribution in [3.8, 4) is 0 Å². The summed E-state index contributed by atoms with van der Waals surface area (Å²) in [7, 11) is 5.90. The molecule has 0 aromatic carbocycles. The van der Waals surface area contributed by atoms with Crippen LogP contribution >= 0.6 is 11.3 Å². The SMILES string of the molecule is CCN(CC)C1CCN(C(=NC)NCc2csc(N(C)C)n2)C1. The number of nitrogens with zero attached hydrogens (tertiary/aromatic N) is 5. The molecule has 2 heterocycles. The van der Waals surface area contributed by atoms with Crippen LogP contribution < -0.4 is 10.2 Å². The summed E-state index contributed by atoms with van der Waals surface area (Å²) in [5.74, 6) is 0.985. The number of thiazole rings is 1. The Morgan fingerprint density at radius 3 is 2.74 bits per heavy atom. The van der Waals surface area contributed by atoms with Crippen LogP contribution in [0.3, 0.4) is 0 Å². The molecule has 0 saturated carbocycles. The fourth-order valence-electron chi connectivity index (χ4n) is 3.06. The Labute approximate surface area is 144 Å². The van der Waals surface area contributed by atoms with Gasteiger partial charge < -0.3 is 15.1 Å². The summed E-state index contributed by atoms with van der Waals surface area (Å²) >= 11 is 1.67. The lowest BCUT2D eigenvalue weighted by molar-refractivity contribution is 0.223. The van der Waals surface area contributed by atoms with Crippen molar-refractivity contribution in [1.82, 2.24) is 20.1 Å². The maximum atomic E-state index is 4.61. The molecule has 1 aromatic heterocycles. The maximum absolute atomic E-state index is 4.61. The monoisotopic (exact) mass is 338 g/mol. The highest BCUT2D eigenvalue weighted by Gasteiger charge is 2.27. The van der Waals surface area contributed by atoms with Gasteiger partial charge in [-0.2, -0.15) is 0 Å². The highest BCUT2D eigenvalue weighted by Crippen LogP contribution is 2.18. The van der Waals surface area contributed by atoms with E-state index in [9.17, 15) is 0 Å². The molecule has 0 radical (unpaired) electrons. The number of hydrogen-bond donors (Lipinski definition) is 1. The van der Waals surface area contributed by atoms with Crippen molar-refractivity contribution < 1.29 is 0 Å². The van der Waals surface area contributed by atoms with Gasteiger partial charge in [-0.25, -0.2) is 4.98 Å². The van der Waals surface area contributed by atoms with Crippen LogP contribution in [0.1, 0.15) is 26.0 Å². The number of aromatic nitrogens is 1. The molecule has 1 aliphatic rings. The molecule has 1 N–H and O–H groups in total. The van der Waals surface area contributed by atoms with Crippen molar-refractivity contribution in [2.75, 3.05) is 52.2 Å². The zero-order chi connectivity index (χ0) is 16.8. The molecule has 0 bridgehead atoms. The molecule has 1 aliphatic heterocycles. The van der Waals surface area contributed by atoms with Crippen molar-refractivity contribution >= 4 is 22.4 Å². The number of aliphatic imine (C=N–C) groups is 1. The Hall–Kier alpha value is -1.34. The topological polar surface area (TPSA) is 47.0 Å². The summed E-state index contributed by atoms with van der Waals surface area (Å²) < 4.78 is 0. The largest absolute Gasteiger partial charge is 0.354 e. The van der Waals surface area contributed by atoms with Crippen LogP contribution in [0.2, 0.25) is 0 Å². The number of likely N-dealkylation sites (tertiary alicyclic amines) is 1. The fourth-order valence-corrected chi connectivity index (χ4v) is 3.82. The van der Waals surface area contributed by atoms with Gasteiger partial charge in [-0.1, -0.05) is 13.8 Å². The molecule has 1 fully saturated rings. The molecule has 1 atom stereocenters. The zero-order valence-electron chi connectivity index (χ0n) is 15.0. The molecular formula is C16H30N6S. The number of anilines is 1. The van der Waals surface area contributed by atoms with Gasteiger partial charge in [0.05, 0.1) is 12.2 Å². The van der Waals surface area contributed by atoms with E-state index in [2.05, 4.69) is 44.3 Å². The number of nitrogens with one attached hydrogen (secondary N) is 1. The average molecular weight is 339 g/mol. The van der Waals surface area contributed by atoms with E-state index < -0.39 is 0 Å². The zero-order valence-corrected chi connectivity index (χ0v) is 15.9. The van der Waals surface area contributed by atoms with Crippen LogP contribution in [0.4, 0.5) is 5.13 Å². The predicted molar refractivity (Wildman–Crippen MR) is 99.5 cm³/mol. The quantitative estimate of drug-likeness (QED) is 0.632. The van der Waals surface area contributed by atoms with E-state index in [1.807, 2.05) is 26.0 Å². The van der Waals surface area contributed by atoms with Gasteiger partial charge in [0.25, 0.3) is 0 Å². The molecule has 0 aliphatic carbocycles. The summed E-state index contributed by atoms with van der Waals surface area (Å²) in [6.45, 7) is 9.57. The van der Waals surface area contributed by atoms with Crippen molar-refractivity contribution in [2.45, 2.75) is 32.9 Å². The summed E-state index contributed by atoms with van der Waals surface area (Å²) in [6.07, 6.45) is 1.21. The minimum absolute atomic E-state index is 0.642. The van der Waals surface area contributed by atoms with Crippen LogP contribution in [-0.4, -0.2) is 74.1 Å². The first-order valence-electron chi connectivity index (χ1n) is 8.40. The van der Waals surface area contributed by atoms with E-state index in [0.29, 0.717) is 6.04 Å². The number of rotatable bonds is 6. The van der Waals surface area contributed by atoms with Crippen LogP contribution in [0.5, 0.6) is 0 Å². The lowest BCUT2D eigenvalue weighted by atomic mass is 10.2. The van der Waals surface area contributed by atoms with Crippen LogP contribution in [0.25, 0.3) is 0 Å². The van der Waals surface area contributed by atoms with Crippen LogP contribution in [-0.2, 0) is 6.54 Å². The van der Waals surface area contributed by atoms with Crippen molar-refractivity contribution in [1.29, 1.82) is 0 Å². The van der Waals surface area contributed by atoms with E-state index in [-0.39, 0.29) is 0 Å². The Bertz CT molecular complexity index is 508. The molecule has 2 rings (SSSR count). The van der Waals surface area contributed by atoms with Gasteiger partial charge >= 0.3 is 0 Å². The number of likely N-dealkylation sites (N-methyl/N-ethyl adjacent to an activating group) is 1. The van der Waals surface area contributed by atoms with Crippen LogP contribution in [0.15, 0.2) is 10.4 Å². The third kappa shape index (κ3) is 4.57. The number of guanidine groups is 1. The lowest BCUT2D eigenvalue weighted by Gasteiger charge is -2.27. The molecule has 0 spiro atoms. The fraction of sp³-hybridized carbons (Fsp3) is 0.750. The molecule has 130 valence electrons. The Kier molecular flexibility index (Phi) is 6.65. The molecule has 1 saturated heterocycles. The van der Waals surface area contributed by atoms with Crippen molar-refractivity contribution in [2.24, 2.45) is 4.99 Å². The highest BCUT2D eigenvalue weighted by atomic mass is 32.1. The van der Waals surface area contributed by atoms with Gasteiger partial charge in [0.15, 0.2) is 11.1 Å². The van der Waals surface area contributed by atoms with Gasteiger partial charge in [-0.05, 0) is 19.5 Å². The maximum Gasteiger partial charge on any atom is 0.194 e. The Morgan fingerprint density at radius 2 is 2.17 bits per heavy atom. The van der Waals surface area contributed by atoms with Gasteiger partial charge in [0.1, 0.15) is 0 Å². The summed E-state index contributed by atoms with van der Waals surface area (Å²) in [6, 6.07) is 0.642. The highest BCUT2D eigenvalue weighted by molar-refractivity contribution is 7.13. The minimum atomic E-state index is 0.642. The average Bonchev–Trinajstić information content (AvgIpc) is 3.19. The van der Waals surface area contributed by atoms with Crippen molar-refractivity contribution in [3.63, 3.8) is 0 Å². The molecule has 0 amide bonds. The minimum Gasteiger partial charge on any atom is -0.354 e. The third-order valence-corrected chi connectivity index (χ3v) is 5.41. The Balaban J connectivity index is 1.88. The molecule has 7 heteroatoms. The lowest BCUT2D eigenvalue weighted by Crippen LogP contribution is -2.43. The first-order chi connectivity index (χ1) is 11.1. The predicted octanol–water partition coefficient (Wildman–Crippen LogP) is 1.70. The molecule has 1 aromatic rings. The molecule has 6 nitrogen and oxygen atoms in total. The van der Waals surface area contributed by atoms with E-state index >= 15 is 0 Å². The second kappa shape index (κ2) is 8.49. The van der Waals surface area contributed by atoms with Gasteiger partial charge in [0.2, 0.25) is 0 Å². The smallest absolute Gasteiger partial charge is 0.194 e. The summed E-state index contributed by atoms with van der Waals surface area (Å²) in [4.78, 5) is 16.0. The van der Waals surface area contributed by atoms with E-state index in [1.165, 1.54) is 6.42 Å². The van der Waals surface area contributed by atoms with E-state index in [4.69, 9.17) is 0 Å². The van der Waals surface area contributed by atoms with Gasteiger partial charge in [0, 0.05) is 45.7 Å². The summed E-state index contributed by atoms with van der Waals surface area (Å²) in [5.41, 5.74) is 1.07. The Morgan fingerprint density at radius 1 is 1.43 bits per heavy atom. The third-order valence-electron chi connectivity index (χ3n) is 4.35. The first-order valence-corrected chi connectivity index (χ1v) is 9.28. The van der Waals surface area contributed by atoms with Crippen molar-refractivity contribution in [3.05, 3.63) is 11.1 Å². The van der Waals surface area contributed by atoms with Crippen LogP contribution in [0, 0.1) is 0 Å². The van der Waals surface area contributed by atoms with Gasteiger partial charge in [-0.3, -0.25) is 9.89 Å². The standard InChI is InChI=1S/C16H30N6S/c1-6-21(7-2)14-8-9-22(11-14)15(17-3)18-10-13-12-23-16(19-13)20(4)5/h12,14H,6-11H2,1-5H3,(H,17,18). The van der Waals surface area contributed by atoms with E-state index in [1.54, 1.807) is 11.3 Å². The van der Waals surface area contributed by atoms with E-state index in [0.717, 1.165) is 49.5 Å². The second-order valence-electron chi connectivity index (χ2n) is 6.03. The molecular weight excluding hydrogens is 308 g/mol. The first kappa shape index (κ1) is 18.0. The second-order valence-corrected chi connectivity index (χ2v) is 6.86. The normalized spacial score (nSPS) is 18.8. The number of hydrogen-bond acceptors (Lipinski definition) is 5. The summed E-state index contributed by atoms with van der Waals surface area (Å²) in [5, 5.41) is 6.61.